The highest BCUT2D eigenvalue weighted by Gasteiger charge is 2.24. The first-order chi connectivity index (χ1) is 10.3. The molecular weight excluding hydrogens is 284 g/mol. The van der Waals surface area contributed by atoms with Crippen LogP contribution in [0.4, 0.5) is 4.79 Å². The molecule has 6 heteroatoms. The van der Waals surface area contributed by atoms with Crippen LogP contribution in [0.25, 0.3) is 10.9 Å². The van der Waals surface area contributed by atoms with E-state index < -0.39 is 11.7 Å². The highest BCUT2D eigenvalue weighted by atomic mass is 16.6. The van der Waals surface area contributed by atoms with Crippen LogP contribution >= 0.6 is 0 Å². The van der Waals surface area contributed by atoms with Crippen LogP contribution < -0.4 is 4.74 Å². The summed E-state index contributed by atoms with van der Waals surface area (Å²) in [5, 5.41) is 5.16. The van der Waals surface area contributed by atoms with Gasteiger partial charge in [-0.1, -0.05) is 0 Å². The topological polar surface area (TPSA) is 65.9 Å². The summed E-state index contributed by atoms with van der Waals surface area (Å²) in [6, 6.07) is 5.54. The fourth-order valence-electron chi connectivity index (χ4n) is 2.13. The Kier molecular flexibility index (Phi) is 3.56. The van der Waals surface area contributed by atoms with Gasteiger partial charge in [0.15, 0.2) is 0 Å². The largest absolute Gasteiger partial charge is 0.491 e. The van der Waals surface area contributed by atoms with Crippen molar-refractivity contribution in [3.63, 3.8) is 0 Å². The Morgan fingerprint density at radius 2 is 2.18 bits per heavy atom. The van der Waals surface area contributed by atoms with Crippen LogP contribution in [-0.2, 0) is 9.47 Å². The van der Waals surface area contributed by atoms with Crippen molar-refractivity contribution in [1.82, 2.24) is 9.78 Å². The summed E-state index contributed by atoms with van der Waals surface area (Å²) >= 11 is 0. The maximum absolute atomic E-state index is 12.2. The van der Waals surface area contributed by atoms with E-state index in [0.717, 1.165) is 23.4 Å². The van der Waals surface area contributed by atoms with Crippen molar-refractivity contribution in [2.75, 3.05) is 13.2 Å². The van der Waals surface area contributed by atoms with Gasteiger partial charge in [0.2, 0.25) is 0 Å². The zero-order valence-electron chi connectivity index (χ0n) is 13.3. The molecule has 1 atom stereocenters. The minimum Gasteiger partial charge on any atom is -0.491 e. The summed E-state index contributed by atoms with van der Waals surface area (Å²) in [4.78, 5) is 12.2. The molecule has 3 rings (SSSR count). The Labute approximate surface area is 129 Å². The molecule has 2 aromatic rings. The molecule has 2 heterocycles. The number of benzene rings is 1. The average molecular weight is 304 g/mol. The third-order valence-corrected chi connectivity index (χ3v) is 3.24. The zero-order chi connectivity index (χ0) is 15.9. The number of hydrogen-bond acceptors (Lipinski definition) is 5. The highest BCUT2D eigenvalue weighted by Crippen LogP contribution is 2.25. The van der Waals surface area contributed by atoms with Crippen molar-refractivity contribution in [2.45, 2.75) is 39.4 Å². The van der Waals surface area contributed by atoms with Crippen molar-refractivity contribution in [2.24, 2.45) is 0 Å². The first-order valence-corrected chi connectivity index (χ1v) is 7.30. The van der Waals surface area contributed by atoms with Crippen molar-refractivity contribution >= 4 is 17.0 Å². The Balaban J connectivity index is 1.87. The predicted molar refractivity (Wildman–Crippen MR) is 81.3 cm³/mol. The summed E-state index contributed by atoms with van der Waals surface area (Å²) < 4.78 is 17.5. The molecule has 1 aromatic heterocycles. The molecular formula is C16H20N2O4. The van der Waals surface area contributed by atoms with Crippen LogP contribution in [0.2, 0.25) is 0 Å². The van der Waals surface area contributed by atoms with Gasteiger partial charge in [0.25, 0.3) is 0 Å². The number of ether oxygens (including phenoxy) is 3. The van der Waals surface area contributed by atoms with Crippen LogP contribution in [0.15, 0.2) is 18.2 Å². The van der Waals surface area contributed by atoms with Crippen molar-refractivity contribution in [3.05, 3.63) is 23.9 Å². The minimum absolute atomic E-state index is 0.210. The Hall–Kier alpha value is -2.08. The molecule has 1 aliphatic heterocycles. The highest BCUT2D eigenvalue weighted by molar-refractivity contribution is 5.90. The summed E-state index contributed by atoms with van der Waals surface area (Å²) in [7, 11) is 0. The molecule has 6 nitrogen and oxygen atoms in total. The monoisotopic (exact) mass is 304 g/mol. The molecule has 0 bridgehead atoms. The van der Waals surface area contributed by atoms with E-state index in [0.29, 0.717) is 12.1 Å². The molecule has 22 heavy (non-hydrogen) atoms. The quantitative estimate of drug-likeness (QED) is 0.816. The molecule has 0 radical (unpaired) electrons. The van der Waals surface area contributed by atoms with Crippen LogP contribution in [-0.4, -0.2) is 40.8 Å². The van der Waals surface area contributed by atoms with E-state index in [4.69, 9.17) is 14.2 Å². The van der Waals surface area contributed by atoms with Crippen LogP contribution in [0.1, 0.15) is 26.5 Å². The van der Waals surface area contributed by atoms with Gasteiger partial charge in [0, 0.05) is 5.39 Å². The van der Waals surface area contributed by atoms with Gasteiger partial charge >= 0.3 is 6.09 Å². The van der Waals surface area contributed by atoms with E-state index in [1.807, 2.05) is 45.9 Å². The first-order valence-electron chi connectivity index (χ1n) is 7.30. The average Bonchev–Trinajstić information content (AvgIpc) is 3.19. The lowest BCUT2D eigenvalue weighted by molar-refractivity contribution is 0.0522. The van der Waals surface area contributed by atoms with Crippen LogP contribution in [0.3, 0.4) is 0 Å². The van der Waals surface area contributed by atoms with Gasteiger partial charge in [0.05, 0.1) is 17.8 Å². The van der Waals surface area contributed by atoms with E-state index in [1.165, 1.54) is 4.68 Å². The fourth-order valence-corrected chi connectivity index (χ4v) is 2.13. The van der Waals surface area contributed by atoms with Gasteiger partial charge in [-0.05, 0) is 45.9 Å². The molecule has 1 fully saturated rings. The third-order valence-electron chi connectivity index (χ3n) is 3.24. The fraction of sp³-hybridized carbons (Fsp3) is 0.500. The predicted octanol–water partition coefficient (Wildman–Crippen LogP) is 2.91. The standard InChI is InChI=1S/C16H20N2O4/c1-10-13-7-11(20-8-12-9-21-12)5-6-14(13)18(17-10)15(19)22-16(2,3)4/h5-7,12H,8-9H2,1-4H3/t12-/m1/s1. The molecule has 0 amide bonds. The maximum Gasteiger partial charge on any atom is 0.435 e. The van der Waals surface area contributed by atoms with Crippen LogP contribution in [0, 0.1) is 6.92 Å². The van der Waals surface area contributed by atoms with Crippen molar-refractivity contribution in [3.8, 4) is 5.75 Å². The second-order valence-corrected chi connectivity index (χ2v) is 6.42. The second-order valence-electron chi connectivity index (χ2n) is 6.42. The Morgan fingerprint density at radius 3 is 2.82 bits per heavy atom. The smallest absolute Gasteiger partial charge is 0.435 e. The van der Waals surface area contributed by atoms with Gasteiger partial charge in [-0.3, -0.25) is 0 Å². The Bertz CT molecular complexity index is 711. The number of nitrogens with zero attached hydrogens (tertiary/aromatic N) is 2. The lowest BCUT2D eigenvalue weighted by atomic mass is 10.2. The molecule has 0 aliphatic carbocycles. The molecule has 118 valence electrons. The number of fused-ring (bicyclic) bond motifs is 1. The summed E-state index contributed by atoms with van der Waals surface area (Å²) in [5.41, 5.74) is 0.909. The van der Waals surface area contributed by atoms with Gasteiger partial charge in [0.1, 0.15) is 24.1 Å². The molecule has 0 N–H and O–H groups in total. The maximum atomic E-state index is 12.2. The minimum atomic E-state index is -0.559. The molecule has 0 unspecified atom stereocenters. The summed E-state index contributed by atoms with van der Waals surface area (Å²) in [5.74, 6) is 0.745. The molecule has 0 saturated carbocycles. The summed E-state index contributed by atoms with van der Waals surface area (Å²) in [6.07, 6.45) is -0.271. The zero-order valence-corrected chi connectivity index (χ0v) is 13.3. The number of carbonyl (C=O) groups is 1. The van der Waals surface area contributed by atoms with Gasteiger partial charge in [-0.2, -0.15) is 9.78 Å². The van der Waals surface area contributed by atoms with E-state index >= 15 is 0 Å². The number of epoxide rings is 1. The second kappa shape index (κ2) is 5.28. The number of aryl methyl sites for hydroxylation is 1. The van der Waals surface area contributed by atoms with E-state index in [-0.39, 0.29) is 6.10 Å². The molecule has 0 spiro atoms. The van der Waals surface area contributed by atoms with Gasteiger partial charge < -0.3 is 14.2 Å². The number of hydrogen-bond donors (Lipinski definition) is 0. The normalized spacial score (nSPS) is 17.5. The molecule has 1 aliphatic rings. The van der Waals surface area contributed by atoms with E-state index in [9.17, 15) is 4.79 Å². The Morgan fingerprint density at radius 1 is 1.45 bits per heavy atom. The van der Waals surface area contributed by atoms with Crippen molar-refractivity contribution < 1.29 is 19.0 Å². The molecule has 1 saturated heterocycles. The van der Waals surface area contributed by atoms with E-state index in [2.05, 4.69) is 5.10 Å². The van der Waals surface area contributed by atoms with Crippen molar-refractivity contribution in [1.29, 1.82) is 0 Å². The number of rotatable bonds is 3. The SMILES string of the molecule is Cc1nn(C(=O)OC(C)(C)C)c2ccc(OC[C@@H]3CO3)cc12. The lowest BCUT2D eigenvalue weighted by Crippen LogP contribution is -2.27. The van der Waals surface area contributed by atoms with Gasteiger partial charge in [-0.25, -0.2) is 4.79 Å². The van der Waals surface area contributed by atoms with E-state index in [1.54, 1.807) is 0 Å². The molecule has 1 aromatic carbocycles. The first kappa shape index (κ1) is 14.8. The lowest BCUT2D eigenvalue weighted by Gasteiger charge is -2.19. The number of carbonyl (C=O) groups excluding carboxylic acids is 1. The summed E-state index contributed by atoms with van der Waals surface area (Å²) in [6.45, 7) is 8.65. The van der Waals surface area contributed by atoms with Crippen LogP contribution in [0.5, 0.6) is 5.75 Å². The third kappa shape index (κ3) is 3.22. The van der Waals surface area contributed by atoms with Gasteiger partial charge in [-0.15, -0.1) is 0 Å². The number of aromatic nitrogens is 2.